The zero-order valence-electron chi connectivity index (χ0n) is 13.3. The number of carbonyl (C=O) groups excluding carboxylic acids is 1. The number of nitrogens with zero attached hydrogens (tertiary/aromatic N) is 2. The van der Waals surface area contributed by atoms with Crippen molar-refractivity contribution in [2.75, 3.05) is 33.4 Å². The van der Waals surface area contributed by atoms with E-state index in [2.05, 4.69) is 30.7 Å². The molecule has 0 aliphatic carbocycles. The molecule has 0 spiro atoms. The minimum atomic E-state index is 0.352. The number of carbonyl (C=O) groups is 1. The van der Waals surface area contributed by atoms with Gasteiger partial charge in [-0.3, -0.25) is 9.69 Å². The van der Waals surface area contributed by atoms with E-state index in [1.165, 1.54) is 0 Å². The van der Waals surface area contributed by atoms with Crippen molar-refractivity contribution in [2.45, 2.75) is 58.0 Å². The Balaban J connectivity index is 1.75. The SMILES string of the molecule is CCC(C)CC(=O)N1CCC(N(C)[C@@H]2CCOC2)CC1. The molecule has 1 unspecified atom stereocenters. The maximum Gasteiger partial charge on any atom is 0.222 e. The van der Waals surface area contributed by atoms with Gasteiger partial charge in [0.05, 0.1) is 6.61 Å². The molecule has 0 aromatic rings. The van der Waals surface area contributed by atoms with Gasteiger partial charge in [-0.05, 0) is 32.2 Å². The molecule has 2 aliphatic rings. The van der Waals surface area contributed by atoms with Crippen LogP contribution in [0.5, 0.6) is 0 Å². The quantitative estimate of drug-likeness (QED) is 0.774. The average Bonchev–Trinajstić information content (AvgIpc) is 3.00. The van der Waals surface area contributed by atoms with Gasteiger partial charge >= 0.3 is 0 Å². The van der Waals surface area contributed by atoms with Crippen molar-refractivity contribution >= 4 is 5.91 Å². The molecule has 2 rings (SSSR count). The summed E-state index contributed by atoms with van der Waals surface area (Å²) < 4.78 is 5.48. The standard InChI is InChI=1S/C16H30N2O2/c1-4-13(2)11-16(19)18-8-5-14(6-9-18)17(3)15-7-10-20-12-15/h13-15H,4-12H2,1-3H3/t13?,15-/m1/s1. The van der Waals surface area contributed by atoms with Gasteiger partial charge in [0.1, 0.15) is 0 Å². The number of likely N-dealkylation sites (tertiary alicyclic amines) is 1. The molecule has 2 atom stereocenters. The first-order valence-corrected chi connectivity index (χ1v) is 8.19. The van der Waals surface area contributed by atoms with E-state index in [4.69, 9.17) is 4.74 Å². The maximum atomic E-state index is 12.2. The second-order valence-corrected chi connectivity index (χ2v) is 6.51. The minimum Gasteiger partial charge on any atom is -0.380 e. The lowest BCUT2D eigenvalue weighted by molar-refractivity contribution is -0.133. The third kappa shape index (κ3) is 3.95. The Morgan fingerprint density at radius 1 is 1.30 bits per heavy atom. The van der Waals surface area contributed by atoms with E-state index in [1.807, 2.05) is 0 Å². The summed E-state index contributed by atoms with van der Waals surface area (Å²) in [7, 11) is 2.22. The molecule has 0 saturated carbocycles. The summed E-state index contributed by atoms with van der Waals surface area (Å²) in [6, 6.07) is 1.21. The molecule has 0 aromatic carbocycles. The summed E-state index contributed by atoms with van der Waals surface area (Å²) >= 11 is 0. The van der Waals surface area contributed by atoms with Gasteiger partial charge in [0, 0.05) is 38.2 Å². The fourth-order valence-corrected chi connectivity index (χ4v) is 3.24. The Bertz CT molecular complexity index is 308. The van der Waals surface area contributed by atoms with E-state index in [0.717, 1.165) is 52.0 Å². The fourth-order valence-electron chi connectivity index (χ4n) is 3.24. The van der Waals surface area contributed by atoms with Gasteiger partial charge in [0.15, 0.2) is 0 Å². The monoisotopic (exact) mass is 282 g/mol. The molecule has 116 valence electrons. The lowest BCUT2D eigenvalue weighted by Crippen LogP contribution is -2.48. The summed E-state index contributed by atoms with van der Waals surface area (Å²) in [4.78, 5) is 16.8. The van der Waals surface area contributed by atoms with Crippen molar-refractivity contribution in [2.24, 2.45) is 5.92 Å². The molecule has 4 heteroatoms. The molecule has 2 aliphatic heterocycles. The molecule has 0 N–H and O–H groups in total. The molecule has 1 amide bonds. The lowest BCUT2D eigenvalue weighted by atomic mass is 9.99. The van der Waals surface area contributed by atoms with Crippen LogP contribution in [0.4, 0.5) is 0 Å². The van der Waals surface area contributed by atoms with E-state index >= 15 is 0 Å². The van der Waals surface area contributed by atoms with Crippen molar-refractivity contribution < 1.29 is 9.53 Å². The average molecular weight is 282 g/mol. The number of rotatable bonds is 5. The third-order valence-electron chi connectivity index (χ3n) is 5.09. The number of hydrogen-bond acceptors (Lipinski definition) is 3. The van der Waals surface area contributed by atoms with Crippen molar-refractivity contribution in [1.82, 2.24) is 9.80 Å². The molecule has 2 fully saturated rings. The second kappa shape index (κ2) is 7.41. The smallest absolute Gasteiger partial charge is 0.222 e. The van der Waals surface area contributed by atoms with Crippen molar-refractivity contribution in [3.05, 3.63) is 0 Å². The van der Waals surface area contributed by atoms with Crippen LogP contribution in [0.2, 0.25) is 0 Å². The molecule has 4 nitrogen and oxygen atoms in total. The van der Waals surface area contributed by atoms with E-state index in [1.54, 1.807) is 0 Å². The summed E-state index contributed by atoms with van der Waals surface area (Å²) in [6.45, 7) is 7.96. The Morgan fingerprint density at radius 3 is 2.55 bits per heavy atom. The molecule has 2 heterocycles. The van der Waals surface area contributed by atoms with E-state index in [9.17, 15) is 4.79 Å². The van der Waals surface area contributed by atoms with Crippen molar-refractivity contribution in [1.29, 1.82) is 0 Å². The van der Waals surface area contributed by atoms with Crippen LogP contribution in [-0.4, -0.2) is 61.1 Å². The molecular weight excluding hydrogens is 252 g/mol. The first kappa shape index (κ1) is 15.8. The predicted octanol–water partition coefficient (Wildman–Crippen LogP) is 2.13. The van der Waals surface area contributed by atoms with E-state index < -0.39 is 0 Å². The van der Waals surface area contributed by atoms with Gasteiger partial charge in [0.25, 0.3) is 0 Å². The first-order valence-electron chi connectivity index (χ1n) is 8.19. The van der Waals surface area contributed by atoms with Crippen LogP contribution >= 0.6 is 0 Å². The molecule has 2 saturated heterocycles. The van der Waals surface area contributed by atoms with Crippen LogP contribution in [0.25, 0.3) is 0 Å². The van der Waals surface area contributed by atoms with Crippen LogP contribution in [-0.2, 0) is 9.53 Å². The summed E-state index contributed by atoms with van der Waals surface area (Å²) in [5.74, 6) is 0.864. The number of piperidine rings is 1. The van der Waals surface area contributed by atoms with Gasteiger partial charge in [-0.15, -0.1) is 0 Å². The molecule has 0 aromatic heterocycles. The Labute approximate surface area is 123 Å². The normalized spacial score (nSPS) is 26.2. The second-order valence-electron chi connectivity index (χ2n) is 6.51. The fraction of sp³-hybridized carbons (Fsp3) is 0.938. The highest BCUT2D eigenvalue weighted by molar-refractivity contribution is 5.76. The highest BCUT2D eigenvalue weighted by Crippen LogP contribution is 2.22. The number of amides is 1. The van der Waals surface area contributed by atoms with Crippen LogP contribution in [0.1, 0.15) is 46.0 Å². The molecule has 0 radical (unpaired) electrons. The van der Waals surface area contributed by atoms with Gasteiger partial charge in [-0.25, -0.2) is 0 Å². The topological polar surface area (TPSA) is 32.8 Å². The zero-order valence-corrected chi connectivity index (χ0v) is 13.3. The number of ether oxygens (including phenoxy) is 1. The van der Waals surface area contributed by atoms with Crippen molar-refractivity contribution in [3.63, 3.8) is 0 Å². The number of likely N-dealkylation sites (N-methyl/N-ethyl adjacent to an activating group) is 1. The Hall–Kier alpha value is -0.610. The summed E-state index contributed by atoms with van der Waals surface area (Å²) in [5, 5.41) is 0. The summed E-state index contributed by atoms with van der Waals surface area (Å²) in [6.07, 6.45) is 5.18. The minimum absolute atomic E-state index is 0.352. The third-order valence-corrected chi connectivity index (χ3v) is 5.09. The van der Waals surface area contributed by atoms with Crippen LogP contribution in [0.15, 0.2) is 0 Å². The number of hydrogen-bond donors (Lipinski definition) is 0. The summed E-state index contributed by atoms with van der Waals surface area (Å²) in [5.41, 5.74) is 0. The molecule has 0 bridgehead atoms. The van der Waals surface area contributed by atoms with E-state index in [-0.39, 0.29) is 0 Å². The van der Waals surface area contributed by atoms with E-state index in [0.29, 0.717) is 30.3 Å². The predicted molar refractivity (Wildman–Crippen MR) is 80.7 cm³/mol. The maximum absolute atomic E-state index is 12.2. The Kier molecular flexibility index (Phi) is 5.85. The van der Waals surface area contributed by atoms with Gasteiger partial charge in [-0.1, -0.05) is 20.3 Å². The molecule has 20 heavy (non-hydrogen) atoms. The lowest BCUT2D eigenvalue weighted by Gasteiger charge is -2.39. The molecular formula is C16H30N2O2. The highest BCUT2D eigenvalue weighted by atomic mass is 16.5. The van der Waals surface area contributed by atoms with Crippen LogP contribution in [0, 0.1) is 5.92 Å². The zero-order chi connectivity index (χ0) is 14.5. The first-order chi connectivity index (χ1) is 9.61. The van der Waals surface area contributed by atoms with Gasteiger partial charge in [0.2, 0.25) is 5.91 Å². The largest absolute Gasteiger partial charge is 0.380 e. The van der Waals surface area contributed by atoms with Crippen molar-refractivity contribution in [3.8, 4) is 0 Å². The Morgan fingerprint density at radius 2 is 2.00 bits per heavy atom. The van der Waals surface area contributed by atoms with Gasteiger partial charge in [-0.2, -0.15) is 0 Å². The van der Waals surface area contributed by atoms with Crippen LogP contribution in [0.3, 0.4) is 0 Å². The highest BCUT2D eigenvalue weighted by Gasteiger charge is 2.30. The van der Waals surface area contributed by atoms with Gasteiger partial charge < -0.3 is 9.64 Å². The van der Waals surface area contributed by atoms with Crippen LogP contribution < -0.4 is 0 Å².